The minimum absolute atomic E-state index is 0.869. The van der Waals surface area contributed by atoms with E-state index in [1.54, 1.807) is 7.11 Å². The van der Waals surface area contributed by atoms with Crippen LogP contribution < -0.4 is 5.32 Å². The fourth-order valence-electron chi connectivity index (χ4n) is 3.83. The van der Waals surface area contributed by atoms with Crippen molar-refractivity contribution in [1.82, 2.24) is 10.2 Å². The average molecular weight is 254 g/mol. The average Bonchev–Trinajstić information content (AvgIpc) is 2.95. The quantitative estimate of drug-likeness (QED) is 0.637. The van der Waals surface area contributed by atoms with Crippen LogP contribution in [0, 0.1) is 17.8 Å². The van der Waals surface area contributed by atoms with Crippen LogP contribution >= 0.6 is 0 Å². The molecule has 3 unspecified atom stereocenters. The maximum absolute atomic E-state index is 5.04. The molecule has 2 aliphatic rings. The first-order valence-electron chi connectivity index (χ1n) is 7.67. The molecule has 2 aliphatic carbocycles. The molecular weight excluding hydrogens is 224 g/mol. The van der Waals surface area contributed by atoms with Gasteiger partial charge >= 0.3 is 0 Å². The summed E-state index contributed by atoms with van der Waals surface area (Å²) >= 11 is 0. The molecule has 0 radical (unpaired) electrons. The van der Waals surface area contributed by atoms with Crippen LogP contribution in [0.3, 0.4) is 0 Å². The molecular formula is C15H30N2O. The zero-order valence-electron chi connectivity index (χ0n) is 12.2. The standard InChI is InChI=1S/C15H30N2O/c1-17(8-7-16-6-3-9-18-2)12-15-11-13-4-5-14(15)10-13/h13-16H,3-12H2,1-2H3. The Bertz CT molecular complexity index is 235. The SMILES string of the molecule is COCCCNCCN(C)CC1CC2CCC1C2. The number of hydrogen-bond acceptors (Lipinski definition) is 3. The van der Waals surface area contributed by atoms with Crippen LogP contribution in [0.4, 0.5) is 0 Å². The Kier molecular flexibility index (Phi) is 5.93. The molecule has 0 aliphatic heterocycles. The van der Waals surface area contributed by atoms with Gasteiger partial charge in [-0.1, -0.05) is 6.42 Å². The van der Waals surface area contributed by atoms with Crippen molar-refractivity contribution in [2.75, 3.05) is 46.9 Å². The molecule has 0 spiro atoms. The van der Waals surface area contributed by atoms with E-state index in [0.717, 1.165) is 43.9 Å². The molecule has 0 heterocycles. The van der Waals surface area contributed by atoms with Gasteiger partial charge in [0.1, 0.15) is 0 Å². The van der Waals surface area contributed by atoms with Gasteiger partial charge in [-0.15, -0.1) is 0 Å². The molecule has 2 saturated carbocycles. The summed E-state index contributed by atoms with van der Waals surface area (Å²) in [6.45, 7) is 5.56. The van der Waals surface area contributed by atoms with E-state index in [-0.39, 0.29) is 0 Å². The molecule has 0 aromatic carbocycles. The van der Waals surface area contributed by atoms with Gasteiger partial charge in [0.05, 0.1) is 0 Å². The fourth-order valence-corrected chi connectivity index (χ4v) is 3.83. The summed E-state index contributed by atoms with van der Waals surface area (Å²) in [6, 6.07) is 0. The van der Waals surface area contributed by atoms with Crippen LogP contribution in [-0.2, 0) is 4.74 Å². The van der Waals surface area contributed by atoms with Crippen LogP contribution in [0.5, 0.6) is 0 Å². The van der Waals surface area contributed by atoms with E-state index in [0.29, 0.717) is 0 Å². The number of nitrogens with one attached hydrogen (secondary N) is 1. The Balaban J connectivity index is 1.49. The van der Waals surface area contributed by atoms with E-state index in [1.807, 2.05) is 0 Å². The molecule has 106 valence electrons. The number of hydrogen-bond donors (Lipinski definition) is 1. The lowest BCUT2D eigenvalue weighted by atomic mass is 9.88. The number of ether oxygens (including phenoxy) is 1. The molecule has 0 aromatic heterocycles. The first kappa shape index (κ1) is 14.3. The Morgan fingerprint density at radius 1 is 1.22 bits per heavy atom. The van der Waals surface area contributed by atoms with Gasteiger partial charge in [0, 0.05) is 33.4 Å². The van der Waals surface area contributed by atoms with Gasteiger partial charge in [0.25, 0.3) is 0 Å². The zero-order valence-corrected chi connectivity index (χ0v) is 12.2. The normalized spacial score (nSPS) is 30.5. The van der Waals surface area contributed by atoms with Crippen molar-refractivity contribution in [1.29, 1.82) is 0 Å². The second-order valence-electron chi connectivity index (χ2n) is 6.29. The molecule has 18 heavy (non-hydrogen) atoms. The molecule has 3 nitrogen and oxygen atoms in total. The number of methoxy groups -OCH3 is 1. The van der Waals surface area contributed by atoms with E-state index in [1.165, 1.54) is 38.8 Å². The topological polar surface area (TPSA) is 24.5 Å². The van der Waals surface area contributed by atoms with Crippen molar-refractivity contribution in [2.45, 2.75) is 32.1 Å². The van der Waals surface area contributed by atoms with Crippen LogP contribution in [-0.4, -0.2) is 51.8 Å². The lowest BCUT2D eigenvalue weighted by Gasteiger charge is -2.27. The lowest BCUT2D eigenvalue weighted by Crippen LogP contribution is -2.34. The first-order valence-corrected chi connectivity index (χ1v) is 7.67. The molecule has 1 N–H and O–H groups in total. The number of nitrogens with zero attached hydrogens (tertiary/aromatic N) is 1. The van der Waals surface area contributed by atoms with Crippen molar-refractivity contribution < 1.29 is 4.74 Å². The smallest absolute Gasteiger partial charge is 0.0474 e. The fraction of sp³-hybridized carbons (Fsp3) is 1.00. The van der Waals surface area contributed by atoms with Crippen LogP contribution in [0.15, 0.2) is 0 Å². The van der Waals surface area contributed by atoms with Gasteiger partial charge in [-0.25, -0.2) is 0 Å². The van der Waals surface area contributed by atoms with Gasteiger partial charge in [0.15, 0.2) is 0 Å². The Morgan fingerprint density at radius 3 is 2.78 bits per heavy atom. The van der Waals surface area contributed by atoms with Gasteiger partial charge < -0.3 is 15.0 Å². The van der Waals surface area contributed by atoms with E-state index in [2.05, 4.69) is 17.3 Å². The summed E-state index contributed by atoms with van der Waals surface area (Å²) in [5, 5.41) is 3.49. The van der Waals surface area contributed by atoms with Gasteiger partial charge in [0.2, 0.25) is 0 Å². The predicted octanol–water partition coefficient (Wildman–Crippen LogP) is 1.98. The maximum Gasteiger partial charge on any atom is 0.0474 e. The minimum Gasteiger partial charge on any atom is -0.385 e. The largest absolute Gasteiger partial charge is 0.385 e. The lowest BCUT2D eigenvalue weighted by molar-refractivity contribution is 0.192. The monoisotopic (exact) mass is 254 g/mol. The third-order valence-electron chi connectivity index (χ3n) is 4.80. The molecule has 3 atom stereocenters. The van der Waals surface area contributed by atoms with Crippen molar-refractivity contribution in [3.63, 3.8) is 0 Å². The molecule has 0 aromatic rings. The van der Waals surface area contributed by atoms with Gasteiger partial charge in [-0.2, -0.15) is 0 Å². The highest BCUT2D eigenvalue weighted by atomic mass is 16.5. The number of rotatable bonds is 9. The van der Waals surface area contributed by atoms with Crippen molar-refractivity contribution in [3.8, 4) is 0 Å². The molecule has 3 heteroatoms. The van der Waals surface area contributed by atoms with E-state index in [4.69, 9.17) is 4.74 Å². The Labute approximate surface area is 112 Å². The summed E-state index contributed by atoms with van der Waals surface area (Å²) in [4.78, 5) is 2.52. The Hall–Kier alpha value is -0.120. The van der Waals surface area contributed by atoms with E-state index in [9.17, 15) is 0 Å². The summed E-state index contributed by atoms with van der Waals surface area (Å²) in [5.74, 6) is 3.15. The second-order valence-corrected chi connectivity index (χ2v) is 6.29. The van der Waals surface area contributed by atoms with Crippen LogP contribution in [0.1, 0.15) is 32.1 Å². The molecule has 0 amide bonds. The second kappa shape index (κ2) is 7.46. The summed E-state index contributed by atoms with van der Waals surface area (Å²) in [7, 11) is 4.05. The van der Waals surface area contributed by atoms with Crippen LogP contribution in [0.2, 0.25) is 0 Å². The number of likely N-dealkylation sites (N-methyl/N-ethyl adjacent to an activating group) is 1. The zero-order chi connectivity index (χ0) is 12.8. The third-order valence-corrected chi connectivity index (χ3v) is 4.80. The number of fused-ring (bicyclic) bond motifs is 2. The van der Waals surface area contributed by atoms with Crippen molar-refractivity contribution >= 4 is 0 Å². The van der Waals surface area contributed by atoms with Gasteiger partial charge in [-0.05, 0) is 57.0 Å². The van der Waals surface area contributed by atoms with Crippen LogP contribution in [0.25, 0.3) is 0 Å². The molecule has 0 saturated heterocycles. The van der Waals surface area contributed by atoms with Gasteiger partial charge in [-0.3, -0.25) is 0 Å². The summed E-state index contributed by atoms with van der Waals surface area (Å²) in [6.07, 6.45) is 7.20. The third kappa shape index (κ3) is 4.22. The van der Waals surface area contributed by atoms with Crippen molar-refractivity contribution in [3.05, 3.63) is 0 Å². The molecule has 2 fully saturated rings. The first-order chi connectivity index (χ1) is 8.79. The van der Waals surface area contributed by atoms with Crippen molar-refractivity contribution in [2.24, 2.45) is 17.8 Å². The Morgan fingerprint density at radius 2 is 2.11 bits per heavy atom. The van der Waals surface area contributed by atoms with E-state index < -0.39 is 0 Å². The van der Waals surface area contributed by atoms with E-state index >= 15 is 0 Å². The maximum atomic E-state index is 5.04. The summed E-state index contributed by atoms with van der Waals surface area (Å²) in [5.41, 5.74) is 0. The summed E-state index contributed by atoms with van der Waals surface area (Å²) < 4.78 is 5.04. The molecule has 2 rings (SSSR count). The predicted molar refractivity (Wildman–Crippen MR) is 75.8 cm³/mol. The highest BCUT2D eigenvalue weighted by Crippen LogP contribution is 2.48. The highest BCUT2D eigenvalue weighted by molar-refractivity contribution is 4.90. The highest BCUT2D eigenvalue weighted by Gasteiger charge is 2.39. The molecule has 2 bridgehead atoms. The minimum atomic E-state index is 0.869.